The molecular weight excluding hydrogens is 304 g/mol. The van der Waals surface area contributed by atoms with Crippen molar-refractivity contribution in [2.75, 3.05) is 24.5 Å². The van der Waals surface area contributed by atoms with E-state index in [0.717, 1.165) is 30.5 Å². The zero-order valence-electron chi connectivity index (χ0n) is 14.4. The molecule has 2 aliphatic rings. The van der Waals surface area contributed by atoms with E-state index in [4.69, 9.17) is 0 Å². The molecule has 1 fully saturated rings. The first-order valence-electron chi connectivity index (χ1n) is 8.86. The summed E-state index contributed by atoms with van der Waals surface area (Å²) in [5.74, 6) is -0.212. The van der Waals surface area contributed by atoms with Crippen molar-refractivity contribution in [1.82, 2.24) is 4.90 Å². The molecule has 1 saturated heterocycles. The van der Waals surface area contributed by atoms with Gasteiger partial charge in [-0.3, -0.25) is 9.59 Å². The lowest BCUT2D eigenvalue weighted by atomic mass is 9.91. The van der Waals surface area contributed by atoms with Crippen LogP contribution in [-0.2, 0) is 9.59 Å². The number of carbonyl (C=O) groups is 2. The monoisotopic (exact) mass is 330 g/mol. The predicted octanol–water partition coefficient (Wildman–Crippen LogP) is 2.15. The number of aliphatic hydroxyl groups is 1. The van der Waals surface area contributed by atoms with Crippen LogP contribution < -0.4 is 4.90 Å². The van der Waals surface area contributed by atoms with Crippen molar-refractivity contribution in [2.45, 2.75) is 45.1 Å². The van der Waals surface area contributed by atoms with E-state index >= 15 is 0 Å². The number of benzene rings is 1. The summed E-state index contributed by atoms with van der Waals surface area (Å²) in [6, 6.07) is 7.86. The lowest BCUT2D eigenvalue weighted by Crippen LogP contribution is -2.50. The van der Waals surface area contributed by atoms with Crippen LogP contribution in [0, 0.1) is 5.92 Å². The Labute approximate surface area is 143 Å². The van der Waals surface area contributed by atoms with E-state index in [2.05, 4.69) is 6.92 Å². The number of likely N-dealkylation sites (tertiary alicyclic amines) is 1. The van der Waals surface area contributed by atoms with Crippen molar-refractivity contribution in [3.05, 3.63) is 29.8 Å². The quantitative estimate of drug-likeness (QED) is 0.803. The van der Waals surface area contributed by atoms with Gasteiger partial charge in [0.1, 0.15) is 0 Å². The van der Waals surface area contributed by atoms with Crippen LogP contribution in [0.3, 0.4) is 0 Å². The molecule has 2 amide bonds. The van der Waals surface area contributed by atoms with Gasteiger partial charge >= 0.3 is 11.8 Å². The number of fused-ring (bicyclic) bond motifs is 1. The summed E-state index contributed by atoms with van der Waals surface area (Å²) in [6.45, 7) is 5.63. The Morgan fingerprint density at radius 2 is 1.75 bits per heavy atom. The van der Waals surface area contributed by atoms with E-state index < -0.39 is 11.8 Å². The summed E-state index contributed by atoms with van der Waals surface area (Å²) in [5.41, 5.74) is 2.01. The fourth-order valence-electron chi connectivity index (χ4n) is 3.80. The average molecular weight is 330 g/mol. The summed E-state index contributed by atoms with van der Waals surface area (Å²) in [4.78, 5) is 28.7. The molecule has 3 rings (SSSR count). The van der Waals surface area contributed by atoms with Gasteiger partial charge in [0.15, 0.2) is 0 Å². The van der Waals surface area contributed by atoms with Crippen molar-refractivity contribution < 1.29 is 14.7 Å². The van der Waals surface area contributed by atoms with Crippen molar-refractivity contribution in [2.24, 2.45) is 5.92 Å². The minimum absolute atomic E-state index is 0.223. The van der Waals surface area contributed by atoms with Crippen LogP contribution in [0.25, 0.3) is 0 Å². The largest absolute Gasteiger partial charge is 0.393 e. The first kappa shape index (κ1) is 17.0. The summed E-state index contributed by atoms with van der Waals surface area (Å²) in [7, 11) is 0. The molecule has 24 heavy (non-hydrogen) atoms. The van der Waals surface area contributed by atoms with Crippen LogP contribution >= 0.6 is 0 Å². The smallest absolute Gasteiger partial charge is 0.316 e. The number of nitrogens with zero attached hydrogens (tertiary/aromatic N) is 2. The molecule has 2 atom stereocenters. The fraction of sp³-hybridized carbons (Fsp3) is 0.579. The van der Waals surface area contributed by atoms with Crippen molar-refractivity contribution >= 4 is 17.5 Å². The second kappa shape index (κ2) is 6.93. The number of piperidine rings is 1. The van der Waals surface area contributed by atoms with Gasteiger partial charge < -0.3 is 14.9 Å². The number of rotatable bonds is 1. The maximum atomic E-state index is 12.8. The molecular formula is C19H26N2O3. The topological polar surface area (TPSA) is 60.9 Å². The summed E-state index contributed by atoms with van der Waals surface area (Å²) in [6.07, 6.45) is 2.03. The Balaban J connectivity index is 1.71. The third-order valence-corrected chi connectivity index (χ3v) is 5.48. The first-order chi connectivity index (χ1) is 11.5. The van der Waals surface area contributed by atoms with Gasteiger partial charge in [0.2, 0.25) is 0 Å². The Bertz CT molecular complexity index is 621. The van der Waals surface area contributed by atoms with Gasteiger partial charge in [-0.1, -0.05) is 25.1 Å². The number of carbonyl (C=O) groups excluding carboxylic acids is 2. The van der Waals surface area contributed by atoms with Gasteiger partial charge in [0, 0.05) is 25.3 Å². The normalized spacial score (nSPS) is 22.9. The summed E-state index contributed by atoms with van der Waals surface area (Å²) < 4.78 is 0. The Morgan fingerprint density at radius 3 is 2.42 bits per heavy atom. The molecule has 5 heteroatoms. The molecule has 2 heterocycles. The molecule has 0 saturated carbocycles. The maximum Gasteiger partial charge on any atom is 0.316 e. The second-order valence-electron chi connectivity index (χ2n) is 7.08. The minimum atomic E-state index is -0.426. The first-order valence-corrected chi connectivity index (χ1v) is 8.86. The van der Waals surface area contributed by atoms with Gasteiger partial charge in [0.05, 0.1) is 6.10 Å². The number of anilines is 1. The maximum absolute atomic E-state index is 12.8. The lowest BCUT2D eigenvalue weighted by Gasteiger charge is -2.36. The summed E-state index contributed by atoms with van der Waals surface area (Å²) >= 11 is 0. The van der Waals surface area contributed by atoms with Crippen LogP contribution in [0.4, 0.5) is 5.69 Å². The van der Waals surface area contributed by atoms with Crippen LogP contribution in [0.15, 0.2) is 24.3 Å². The van der Waals surface area contributed by atoms with Crippen LogP contribution in [-0.4, -0.2) is 47.6 Å². The van der Waals surface area contributed by atoms with Crippen molar-refractivity contribution in [1.29, 1.82) is 0 Å². The third-order valence-electron chi connectivity index (χ3n) is 5.48. The van der Waals surface area contributed by atoms with Crippen LogP contribution in [0.5, 0.6) is 0 Å². The minimum Gasteiger partial charge on any atom is -0.393 e. The Hall–Kier alpha value is -1.88. The average Bonchev–Trinajstić information content (AvgIpc) is 2.61. The number of hydrogen-bond acceptors (Lipinski definition) is 3. The third kappa shape index (κ3) is 3.18. The number of aliphatic hydroxyl groups excluding tert-OH is 1. The standard InChI is InChI=1S/C19H26N2O3/c1-13-7-12-21(17-6-4-3-5-16(13)17)19(24)18(23)20-10-8-15(9-11-20)14(2)22/h3-6,13-15,22H,7-12H2,1-2H3. The molecule has 1 aromatic rings. The molecule has 1 aromatic carbocycles. The van der Waals surface area contributed by atoms with E-state index in [-0.39, 0.29) is 12.0 Å². The van der Waals surface area contributed by atoms with E-state index in [9.17, 15) is 14.7 Å². The lowest BCUT2D eigenvalue weighted by molar-refractivity contribution is -0.145. The van der Waals surface area contributed by atoms with Crippen LogP contribution in [0.2, 0.25) is 0 Å². The highest BCUT2D eigenvalue weighted by molar-refractivity contribution is 6.40. The van der Waals surface area contributed by atoms with E-state index in [0.29, 0.717) is 25.6 Å². The van der Waals surface area contributed by atoms with Gasteiger partial charge in [-0.15, -0.1) is 0 Å². The molecule has 2 aliphatic heterocycles. The van der Waals surface area contributed by atoms with Gasteiger partial charge in [-0.05, 0) is 49.7 Å². The van der Waals surface area contributed by atoms with Crippen molar-refractivity contribution in [3.63, 3.8) is 0 Å². The Morgan fingerprint density at radius 1 is 1.08 bits per heavy atom. The van der Waals surface area contributed by atoms with Crippen molar-refractivity contribution in [3.8, 4) is 0 Å². The second-order valence-corrected chi connectivity index (χ2v) is 7.08. The fourth-order valence-corrected chi connectivity index (χ4v) is 3.80. The zero-order chi connectivity index (χ0) is 17.3. The molecule has 0 spiro atoms. The molecule has 0 bridgehead atoms. The van der Waals surface area contributed by atoms with E-state index in [1.165, 1.54) is 0 Å². The number of hydrogen-bond donors (Lipinski definition) is 1. The number of amides is 2. The highest BCUT2D eigenvalue weighted by atomic mass is 16.3. The molecule has 0 aromatic heterocycles. The highest BCUT2D eigenvalue weighted by Crippen LogP contribution is 2.35. The predicted molar refractivity (Wildman–Crippen MR) is 92.8 cm³/mol. The van der Waals surface area contributed by atoms with Gasteiger partial charge in [0.25, 0.3) is 0 Å². The molecule has 1 N–H and O–H groups in total. The number of para-hydroxylation sites is 1. The van der Waals surface area contributed by atoms with Gasteiger partial charge in [-0.25, -0.2) is 0 Å². The van der Waals surface area contributed by atoms with Gasteiger partial charge in [-0.2, -0.15) is 0 Å². The molecule has 0 aliphatic carbocycles. The van der Waals surface area contributed by atoms with Crippen LogP contribution in [0.1, 0.15) is 44.6 Å². The molecule has 130 valence electrons. The molecule has 5 nitrogen and oxygen atoms in total. The highest BCUT2D eigenvalue weighted by Gasteiger charge is 2.34. The van der Waals surface area contributed by atoms with E-state index in [1.807, 2.05) is 24.3 Å². The zero-order valence-corrected chi connectivity index (χ0v) is 14.4. The van der Waals surface area contributed by atoms with E-state index in [1.54, 1.807) is 16.7 Å². The summed E-state index contributed by atoms with van der Waals surface area (Å²) in [5, 5.41) is 9.67. The SMILES string of the molecule is CC1CCN(C(=O)C(=O)N2CCC(C(C)O)CC2)c2ccccc21. The molecule has 0 radical (unpaired) electrons. The molecule has 2 unspecified atom stereocenters. The Kier molecular flexibility index (Phi) is 4.90.